The largest absolute Gasteiger partial charge is 0.489 e. The van der Waals surface area contributed by atoms with Crippen LogP contribution in [0.25, 0.3) is 0 Å². The number of aryl methyl sites for hydroxylation is 1. The van der Waals surface area contributed by atoms with Gasteiger partial charge in [-0.3, -0.25) is 9.59 Å². The highest BCUT2D eigenvalue weighted by Crippen LogP contribution is 2.19. The fourth-order valence-electron chi connectivity index (χ4n) is 2.82. The second-order valence-electron chi connectivity index (χ2n) is 7.48. The van der Waals surface area contributed by atoms with Gasteiger partial charge in [-0.25, -0.2) is 0 Å². The van der Waals surface area contributed by atoms with Crippen LogP contribution in [0.3, 0.4) is 0 Å². The number of ether oxygens (including phenoxy) is 1. The summed E-state index contributed by atoms with van der Waals surface area (Å²) in [5, 5.41) is 5.69. The van der Waals surface area contributed by atoms with Gasteiger partial charge in [-0.05, 0) is 55.0 Å². The highest BCUT2D eigenvalue weighted by atomic mass is 16.5. The Kier molecular flexibility index (Phi) is 6.86. The summed E-state index contributed by atoms with van der Waals surface area (Å²) in [6, 6.07) is 22.3. The molecule has 5 heteroatoms. The SMILES string of the molecule is Cc1cccc(COc2cccc(C(=O)Nc3ccc(NC(=O)C(C)C)cc3)c2)c1. The zero-order chi connectivity index (χ0) is 21.5. The normalized spacial score (nSPS) is 10.5. The van der Waals surface area contributed by atoms with Crippen molar-refractivity contribution in [1.82, 2.24) is 0 Å². The van der Waals surface area contributed by atoms with Gasteiger partial charge >= 0.3 is 0 Å². The number of hydrogen-bond acceptors (Lipinski definition) is 3. The number of rotatable bonds is 7. The van der Waals surface area contributed by atoms with Crippen molar-refractivity contribution in [1.29, 1.82) is 0 Å². The van der Waals surface area contributed by atoms with Gasteiger partial charge in [0.25, 0.3) is 5.91 Å². The van der Waals surface area contributed by atoms with Crippen molar-refractivity contribution in [3.63, 3.8) is 0 Å². The van der Waals surface area contributed by atoms with Gasteiger partial charge < -0.3 is 15.4 Å². The van der Waals surface area contributed by atoms with Gasteiger partial charge in [-0.1, -0.05) is 49.7 Å². The topological polar surface area (TPSA) is 67.4 Å². The van der Waals surface area contributed by atoms with Gasteiger partial charge in [0.05, 0.1) is 0 Å². The zero-order valence-electron chi connectivity index (χ0n) is 17.4. The molecule has 0 radical (unpaired) electrons. The Balaban J connectivity index is 1.60. The van der Waals surface area contributed by atoms with Gasteiger partial charge in [0.1, 0.15) is 12.4 Å². The molecule has 0 aromatic heterocycles. The minimum Gasteiger partial charge on any atom is -0.489 e. The fraction of sp³-hybridized carbons (Fsp3) is 0.200. The molecule has 3 rings (SSSR count). The van der Waals surface area contributed by atoms with E-state index < -0.39 is 0 Å². The van der Waals surface area contributed by atoms with E-state index in [1.807, 2.05) is 45.0 Å². The zero-order valence-corrected chi connectivity index (χ0v) is 17.4. The van der Waals surface area contributed by atoms with Crippen molar-refractivity contribution in [3.8, 4) is 5.75 Å². The molecule has 0 unspecified atom stereocenters. The summed E-state index contributed by atoms with van der Waals surface area (Å²) >= 11 is 0. The molecular weight excluding hydrogens is 376 g/mol. The van der Waals surface area contributed by atoms with Crippen LogP contribution in [-0.4, -0.2) is 11.8 Å². The van der Waals surface area contributed by atoms with Crippen molar-refractivity contribution in [2.75, 3.05) is 10.6 Å². The highest BCUT2D eigenvalue weighted by Gasteiger charge is 2.09. The van der Waals surface area contributed by atoms with Crippen LogP contribution in [0.1, 0.15) is 35.3 Å². The van der Waals surface area contributed by atoms with Crippen LogP contribution in [0.4, 0.5) is 11.4 Å². The Morgan fingerprint density at radius 3 is 2.20 bits per heavy atom. The molecule has 0 aliphatic carbocycles. The van der Waals surface area contributed by atoms with Crippen molar-refractivity contribution in [2.45, 2.75) is 27.4 Å². The van der Waals surface area contributed by atoms with E-state index in [1.165, 1.54) is 5.56 Å². The lowest BCUT2D eigenvalue weighted by molar-refractivity contribution is -0.118. The Hall–Kier alpha value is -3.60. The molecule has 0 saturated carbocycles. The lowest BCUT2D eigenvalue weighted by atomic mass is 10.1. The molecule has 0 aliphatic rings. The molecular formula is C25H26N2O3. The highest BCUT2D eigenvalue weighted by molar-refractivity contribution is 6.04. The van der Waals surface area contributed by atoms with Crippen LogP contribution in [0, 0.1) is 12.8 Å². The third kappa shape index (κ3) is 5.95. The molecule has 0 aliphatic heterocycles. The molecule has 0 atom stereocenters. The first-order valence-electron chi connectivity index (χ1n) is 9.91. The predicted octanol–water partition coefficient (Wildman–Crippen LogP) is 5.42. The predicted molar refractivity (Wildman–Crippen MR) is 120 cm³/mol. The van der Waals surface area contributed by atoms with Crippen molar-refractivity contribution in [3.05, 3.63) is 89.5 Å². The maximum atomic E-state index is 12.6. The molecule has 0 fully saturated rings. The van der Waals surface area contributed by atoms with Crippen LogP contribution < -0.4 is 15.4 Å². The second-order valence-corrected chi connectivity index (χ2v) is 7.48. The second kappa shape index (κ2) is 9.74. The van der Waals surface area contributed by atoms with Crippen molar-refractivity contribution >= 4 is 23.2 Å². The summed E-state index contributed by atoms with van der Waals surface area (Å²) in [6.45, 7) is 6.15. The van der Waals surface area contributed by atoms with Crippen molar-refractivity contribution in [2.24, 2.45) is 5.92 Å². The molecule has 3 aromatic carbocycles. The van der Waals surface area contributed by atoms with E-state index in [0.29, 0.717) is 29.3 Å². The smallest absolute Gasteiger partial charge is 0.255 e. The van der Waals surface area contributed by atoms with Gasteiger partial charge in [-0.15, -0.1) is 0 Å². The monoisotopic (exact) mass is 402 g/mol. The number of anilines is 2. The molecule has 30 heavy (non-hydrogen) atoms. The van der Waals surface area contributed by atoms with Crippen molar-refractivity contribution < 1.29 is 14.3 Å². The van der Waals surface area contributed by atoms with E-state index in [1.54, 1.807) is 42.5 Å². The molecule has 0 saturated heterocycles. The first kappa shape index (κ1) is 21.1. The van der Waals surface area contributed by atoms with E-state index >= 15 is 0 Å². The summed E-state index contributed by atoms with van der Waals surface area (Å²) in [5.41, 5.74) is 4.11. The maximum Gasteiger partial charge on any atom is 0.255 e. The molecule has 5 nitrogen and oxygen atoms in total. The Morgan fingerprint density at radius 2 is 1.53 bits per heavy atom. The fourth-order valence-corrected chi connectivity index (χ4v) is 2.82. The number of carbonyl (C=O) groups is 2. The van der Waals surface area contributed by atoms with E-state index in [9.17, 15) is 9.59 Å². The minimum absolute atomic E-state index is 0.0470. The Bertz CT molecular complexity index is 1030. The third-order valence-electron chi connectivity index (χ3n) is 4.52. The maximum absolute atomic E-state index is 12.6. The molecule has 0 heterocycles. The van der Waals surface area contributed by atoms with Gasteiger partial charge in [0, 0.05) is 22.9 Å². The first-order chi connectivity index (χ1) is 14.4. The third-order valence-corrected chi connectivity index (χ3v) is 4.52. The lowest BCUT2D eigenvalue weighted by Gasteiger charge is -2.11. The number of carbonyl (C=O) groups excluding carboxylic acids is 2. The van der Waals surface area contributed by atoms with Crippen LogP contribution in [-0.2, 0) is 11.4 Å². The average Bonchev–Trinajstić information content (AvgIpc) is 2.74. The molecule has 154 valence electrons. The summed E-state index contributed by atoms with van der Waals surface area (Å²) in [6.07, 6.45) is 0. The van der Waals surface area contributed by atoms with Crippen LogP contribution >= 0.6 is 0 Å². The van der Waals surface area contributed by atoms with Gasteiger partial charge in [0.15, 0.2) is 0 Å². The Labute approximate surface area is 177 Å². The van der Waals surface area contributed by atoms with Crippen LogP contribution in [0.2, 0.25) is 0 Å². The average molecular weight is 402 g/mol. The Morgan fingerprint density at radius 1 is 0.867 bits per heavy atom. The number of benzene rings is 3. The van der Waals surface area contributed by atoms with E-state index in [2.05, 4.69) is 16.7 Å². The quantitative estimate of drug-likeness (QED) is 0.554. The summed E-state index contributed by atoms with van der Waals surface area (Å²) in [4.78, 5) is 24.4. The lowest BCUT2D eigenvalue weighted by Crippen LogP contribution is -2.17. The summed E-state index contributed by atoms with van der Waals surface area (Å²) < 4.78 is 5.84. The molecule has 3 aromatic rings. The summed E-state index contributed by atoms with van der Waals surface area (Å²) in [5.74, 6) is 0.268. The van der Waals surface area contributed by atoms with Crippen LogP contribution in [0.5, 0.6) is 5.75 Å². The number of amides is 2. The summed E-state index contributed by atoms with van der Waals surface area (Å²) in [7, 11) is 0. The molecule has 2 amide bonds. The molecule has 2 N–H and O–H groups in total. The van der Waals surface area contributed by atoms with E-state index in [-0.39, 0.29) is 17.7 Å². The standard InChI is InChI=1S/C25H26N2O3/c1-17(2)24(28)26-21-10-12-22(13-11-21)27-25(29)20-8-5-9-23(15-20)30-16-19-7-4-6-18(3)14-19/h4-15,17H,16H2,1-3H3,(H,26,28)(H,27,29). The van der Waals surface area contributed by atoms with E-state index in [0.717, 1.165) is 5.56 Å². The molecule has 0 bridgehead atoms. The van der Waals surface area contributed by atoms with Crippen LogP contribution in [0.15, 0.2) is 72.8 Å². The van der Waals surface area contributed by atoms with E-state index in [4.69, 9.17) is 4.74 Å². The minimum atomic E-state index is -0.227. The van der Waals surface area contributed by atoms with Gasteiger partial charge in [-0.2, -0.15) is 0 Å². The first-order valence-corrected chi connectivity index (χ1v) is 9.91. The number of nitrogens with one attached hydrogen (secondary N) is 2. The molecule has 0 spiro atoms. The number of hydrogen-bond donors (Lipinski definition) is 2. The van der Waals surface area contributed by atoms with Gasteiger partial charge in [0.2, 0.25) is 5.91 Å².